The van der Waals surface area contributed by atoms with E-state index >= 15 is 0 Å². The molecule has 1 aliphatic rings. The lowest BCUT2D eigenvalue weighted by atomic mass is 10.1. The van der Waals surface area contributed by atoms with Crippen LogP contribution in [0, 0.1) is 0 Å². The number of hydrogen-bond donors (Lipinski definition) is 1. The molecule has 5 heteroatoms. The Labute approximate surface area is 190 Å². The molecular formula is C27H31N3O2. The second-order valence-corrected chi connectivity index (χ2v) is 8.17. The molecule has 1 heterocycles. The lowest BCUT2D eigenvalue weighted by molar-refractivity contribution is -0.136. The van der Waals surface area contributed by atoms with Gasteiger partial charge in [0.25, 0.3) is 0 Å². The fraction of sp³-hybridized carbons (Fsp3) is 0.296. The highest BCUT2D eigenvalue weighted by Gasteiger charge is 2.19. The van der Waals surface area contributed by atoms with Crippen LogP contribution < -0.4 is 9.80 Å². The van der Waals surface area contributed by atoms with E-state index in [1.165, 1.54) is 5.69 Å². The molecule has 166 valence electrons. The summed E-state index contributed by atoms with van der Waals surface area (Å²) < 4.78 is 0. The van der Waals surface area contributed by atoms with Gasteiger partial charge in [-0.05, 0) is 42.3 Å². The molecule has 1 aliphatic heterocycles. The number of nitrogens with zero attached hydrogens (tertiary/aromatic N) is 3. The van der Waals surface area contributed by atoms with Crippen LogP contribution in [-0.2, 0) is 11.2 Å². The molecule has 4 rings (SSSR count). The number of rotatable bonds is 9. The van der Waals surface area contributed by atoms with E-state index in [0.717, 1.165) is 56.2 Å². The molecule has 1 saturated heterocycles. The number of carbonyl (C=O) groups is 1. The largest absolute Gasteiger partial charge is 0.481 e. The van der Waals surface area contributed by atoms with Gasteiger partial charge in [0.15, 0.2) is 0 Å². The van der Waals surface area contributed by atoms with Crippen molar-refractivity contribution in [1.29, 1.82) is 0 Å². The molecule has 0 spiro atoms. The molecule has 0 atom stereocenters. The summed E-state index contributed by atoms with van der Waals surface area (Å²) in [7, 11) is 0. The predicted octanol–water partition coefficient (Wildman–Crippen LogP) is 4.66. The summed E-state index contributed by atoms with van der Waals surface area (Å²) >= 11 is 0. The zero-order chi connectivity index (χ0) is 22.2. The normalized spacial score (nSPS) is 14.3. The SMILES string of the molecule is O=C(O)CCc1ccccc1N(CCN1CCN(c2ccccc2)CC1)c1ccccc1. The summed E-state index contributed by atoms with van der Waals surface area (Å²) in [6.07, 6.45) is 0.672. The van der Waals surface area contributed by atoms with Crippen molar-refractivity contribution in [2.75, 3.05) is 49.1 Å². The van der Waals surface area contributed by atoms with Gasteiger partial charge >= 0.3 is 5.97 Å². The molecule has 0 radical (unpaired) electrons. The molecule has 5 nitrogen and oxygen atoms in total. The van der Waals surface area contributed by atoms with E-state index in [2.05, 4.69) is 75.4 Å². The number of hydrogen-bond acceptors (Lipinski definition) is 4. The van der Waals surface area contributed by atoms with Gasteiger partial charge in [0.1, 0.15) is 0 Å². The van der Waals surface area contributed by atoms with Crippen LogP contribution in [0.1, 0.15) is 12.0 Å². The third-order valence-corrected chi connectivity index (χ3v) is 6.09. The number of aliphatic carboxylic acids is 1. The van der Waals surface area contributed by atoms with Gasteiger partial charge in [-0.15, -0.1) is 0 Å². The molecule has 0 bridgehead atoms. The van der Waals surface area contributed by atoms with Crippen LogP contribution in [0.2, 0.25) is 0 Å². The number of para-hydroxylation sites is 3. The maximum absolute atomic E-state index is 11.2. The van der Waals surface area contributed by atoms with Gasteiger partial charge in [-0.3, -0.25) is 9.69 Å². The van der Waals surface area contributed by atoms with E-state index in [9.17, 15) is 9.90 Å². The standard InChI is InChI=1S/C27H31N3O2/c31-27(32)16-15-23-9-7-8-14-26(23)30(25-12-5-2-6-13-25)22-19-28-17-20-29(21-18-28)24-10-3-1-4-11-24/h1-14H,15-22H2,(H,31,32). The highest BCUT2D eigenvalue weighted by Crippen LogP contribution is 2.29. The summed E-state index contributed by atoms with van der Waals surface area (Å²) in [6.45, 7) is 5.97. The average molecular weight is 430 g/mol. The quantitative estimate of drug-likeness (QED) is 0.536. The van der Waals surface area contributed by atoms with E-state index in [-0.39, 0.29) is 6.42 Å². The summed E-state index contributed by atoms with van der Waals surface area (Å²) in [5, 5.41) is 9.17. The molecule has 0 aromatic heterocycles. The molecule has 1 fully saturated rings. The Kier molecular flexibility index (Phi) is 7.41. The van der Waals surface area contributed by atoms with Gasteiger partial charge in [-0.2, -0.15) is 0 Å². The van der Waals surface area contributed by atoms with Crippen LogP contribution in [0.5, 0.6) is 0 Å². The first-order chi connectivity index (χ1) is 15.7. The highest BCUT2D eigenvalue weighted by atomic mass is 16.4. The van der Waals surface area contributed by atoms with E-state index in [1.807, 2.05) is 24.3 Å². The number of carboxylic acid groups (broad SMARTS) is 1. The number of piperazine rings is 1. The summed E-state index contributed by atoms with van der Waals surface area (Å²) in [5.41, 5.74) is 4.61. The van der Waals surface area contributed by atoms with Crippen molar-refractivity contribution in [2.45, 2.75) is 12.8 Å². The van der Waals surface area contributed by atoms with Crippen molar-refractivity contribution in [3.63, 3.8) is 0 Å². The van der Waals surface area contributed by atoms with Crippen LogP contribution >= 0.6 is 0 Å². The van der Waals surface area contributed by atoms with Crippen molar-refractivity contribution in [3.05, 3.63) is 90.5 Å². The van der Waals surface area contributed by atoms with Gasteiger partial charge in [0, 0.05) is 62.8 Å². The third-order valence-electron chi connectivity index (χ3n) is 6.09. The number of anilines is 3. The van der Waals surface area contributed by atoms with Crippen LogP contribution in [-0.4, -0.2) is 55.2 Å². The molecule has 0 amide bonds. The Morgan fingerprint density at radius 1 is 0.812 bits per heavy atom. The minimum Gasteiger partial charge on any atom is -0.481 e. The monoisotopic (exact) mass is 429 g/mol. The zero-order valence-corrected chi connectivity index (χ0v) is 18.4. The molecule has 0 aliphatic carbocycles. The molecule has 3 aromatic carbocycles. The average Bonchev–Trinajstić information content (AvgIpc) is 2.85. The second-order valence-electron chi connectivity index (χ2n) is 8.17. The minimum absolute atomic E-state index is 0.140. The van der Waals surface area contributed by atoms with Crippen LogP contribution in [0.4, 0.5) is 17.1 Å². The van der Waals surface area contributed by atoms with Crippen LogP contribution in [0.15, 0.2) is 84.9 Å². The number of carboxylic acids is 1. The van der Waals surface area contributed by atoms with Crippen LogP contribution in [0.3, 0.4) is 0 Å². The van der Waals surface area contributed by atoms with Crippen molar-refractivity contribution in [3.8, 4) is 0 Å². The van der Waals surface area contributed by atoms with Gasteiger partial charge in [0.05, 0.1) is 0 Å². The van der Waals surface area contributed by atoms with Crippen molar-refractivity contribution in [2.24, 2.45) is 0 Å². The first-order valence-electron chi connectivity index (χ1n) is 11.4. The van der Waals surface area contributed by atoms with Gasteiger partial charge in [-0.25, -0.2) is 0 Å². The smallest absolute Gasteiger partial charge is 0.303 e. The highest BCUT2D eigenvalue weighted by molar-refractivity contribution is 5.70. The Morgan fingerprint density at radius 2 is 1.44 bits per heavy atom. The fourth-order valence-corrected chi connectivity index (χ4v) is 4.33. The first kappa shape index (κ1) is 21.9. The predicted molar refractivity (Wildman–Crippen MR) is 131 cm³/mol. The Balaban J connectivity index is 1.45. The lowest BCUT2D eigenvalue weighted by Crippen LogP contribution is -2.48. The first-order valence-corrected chi connectivity index (χ1v) is 11.4. The molecule has 32 heavy (non-hydrogen) atoms. The lowest BCUT2D eigenvalue weighted by Gasteiger charge is -2.37. The van der Waals surface area contributed by atoms with E-state index in [1.54, 1.807) is 0 Å². The van der Waals surface area contributed by atoms with E-state index in [0.29, 0.717) is 6.42 Å². The zero-order valence-electron chi connectivity index (χ0n) is 18.4. The van der Waals surface area contributed by atoms with Gasteiger partial charge < -0.3 is 14.9 Å². The summed E-state index contributed by atoms with van der Waals surface area (Å²) in [4.78, 5) is 18.5. The van der Waals surface area contributed by atoms with Crippen molar-refractivity contribution < 1.29 is 9.90 Å². The van der Waals surface area contributed by atoms with E-state index < -0.39 is 5.97 Å². The molecule has 0 unspecified atom stereocenters. The topological polar surface area (TPSA) is 47.0 Å². The van der Waals surface area contributed by atoms with E-state index in [4.69, 9.17) is 0 Å². The van der Waals surface area contributed by atoms with Crippen molar-refractivity contribution in [1.82, 2.24) is 4.90 Å². The Hall–Kier alpha value is -3.31. The number of aryl methyl sites for hydroxylation is 1. The minimum atomic E-state index is -0.762. The van der Waals surface area contributed by atoms with Crippen LogP contribution in [0.25, 0.3) is 0 Å². The van der Waals surface area contributed by atoms with Gasteiger partial charge in [-0.1, -0.05) is 54.6 Å². The Bertz CT molecular complexity index is 986. The molecule has 1 N–H and O–H groups in total. The third kappa shape index (κ3) is 5.68. The second kappa shape index (κ2) is 10.8. The van der Waals surface area contributed by atoms with Crippen molar-refractivity contribution >= 4 is 23.0 Å². The van der Waals surface area contributed by atoms with Gasteiger partial charge in [0.2, 0.25) is 0 Å². The Morgan fingerprint density at radius 3 is 2.12 bits per heavy atom. The molecular weight excluding hydrogens is 398 g/mol. The molecule has 0 saturated carbocycles. The molecule has 3 aromatic rings. The number of benzene rings is 3. The maximum Gasteiger partial charge on any atom is 0.303 e. The fourth-order valence-electron chi connectivity index (χ4n) is 4.33. The maximum atomic E-state index is 11.2. The summed E-state index contributed by atoms with van der Waals surface area (Å²) in [5.74, 6) is -0.762. The summed E-state index contributed by atoms with van der Waals surface area (Å²) in [6, 6.07) is 29.2.